The molecule has 0 saturated heterocycles. The highest BCUT2D eigenvalue weighted by Gasteiger charge is 1.95. The van der Waals surface area contributed by atoms with Crippen LogP contribution in [0, 0.1) is 0 Å². The summed E-state index contributed by atoms with van der Waals surface area (Å²) in [5.74, 6) is -0.461. The lowest BCUT2D eigenvalue weighted by Crippen LogP contribution is -2.15. The van der Waals surface area contributed by atoms with Crippen LogP contribution in [0.4, 0.5) is 0 Å². The minimum atomic E-state index is -0.461. The molecule has 102 valence electrons. The fraction of sp³-hybridized carbons (Fsp3) is 0.533. The SMILES string of the molecule is CC(C)=CCC/C(C)=C/CC/C(C)=C/C(=O)NO. The van der Waals surface area contributed by atoms with E-state index in [0.717, 1.165) is 31.3 Å². The summed E-state index contributed by atoms with van der Waals surface area (Å²) in [6, 6.07) is 0. The van der Waals surface area contributed by atoms with Gasteiger partial charge in [-0.05, 0) is 53.4 Å². The van der Waals surface area contributed by atoms with E-state index in [1.54, 1.807) is 5.48 Å². The zero-order valence-electron chi connectivity index (χ0n) is 11.9. The Kier molecular flexibility index (Phi) is 8.93. The third-order valence-electron chi connectivity index (χ3n) is 2.61. The predicted molar refractivity (Wildman–Crippen MR) is 75.3 cm³/mol. The first-order valence-electron chi connectivity index (χ1n) is 6.36. The van der Waals surface area contributed by atoms with Gasteiger partial charge in [0.25, 0.3) is 5.91 Å². The first kappa shape index (κ1) is 16.6. The molecule has 0 unspecified atom stereocenters. The number of allylic oxidation sites excluding steroid dienone is 5. The Hall–Kier alpha value is -1.35. The van der Waals surface area contributed by atoms with Crippen LogP contribution in [0.3, 0.4) is 0 Å². The van der Waals surface area contributed by atoms with Gasteiger partial charge in [-0.25, -0.2) is 5.48 Å². The number of amides is 1. The molecule has 1 amide bonds. The molecule has 0 radical (unpaired) electrons. The highest BCUT2D eigenvalue weighted by atomic mass is 16.5. The summed E-state index contributed by atoms with van der Waals surface area (Å²) in [4.78, 5) is 10.9. The Bertz CT molecular complexity index is 348. The number of nitrogens with one attached hydrogen (secondary N) is 1. The average molecular weight is 251 g/mol. The molecule has 0 aliphatic heterocycles. The van der Waals surface area contributed by atoms with Crippen LogP contribution in [-0.2, 0) is 4.79 Å². The second-order valence-electron chi connectivity index (χ2n) is 4.88. The summed E-state index contributed by atoms with van der Waals surface area (Å²) >= 11 is 0. The van der Waals surface area contributed by atoms with E-state index in [2.05, 4.69) is 32.9 Å². The molecule has 3 heteroatoms. The topological polar surface area (TPSA) is 49.3 Å². The van der Waals surface area contributed by atoms with Crippen molar-refractivity contribution in [1.82, 2.24) is 5.48 Å². The van der Waals surface area contributed by atoms with Gasteiger partial charge in [-0.3, -0.25) is 10.0 Å². The van der Waals surface area contributed by atoms with Crippen molar-refractivity contribution >= 4 is 5.91 Å². The summed E-state index contributed by atoms with van der Waals surface area (Å²) in [5.41, 5.74) is 5.30. The summed E-state index contributed by atoms with van der Waals surface area (Å²) < 4.78 is 0. The molecular formula is C15H25NO2. The molecule has 3 nitrogen and oxygen atoms in total. The van der Waals surface area contributed by atoms with Crippen LogP contribution >= 0.6 is 0 Å². The smallest absolute Gasteiger partial charge is 0.267 e. The fourth-order valence-electron chi connectivity index (χ4n) is 1.57. The highest BCUT2D eigenvalue weighted by molar-refractivity contribution is 5.87. The van der Waals surface area contributed by atoms with Crippen LogP contribution in [0.25, 0.3) is 0 Å². The first-order valence-corrected chi connectivity index (χ1v) is 6.36. The van der Waals surface area contributed by atoms with Crippen molar-refractivity contribution in [1.29, 1.82) is 0 Å². The Morgan fingerprint density at radius 1 is 1.00 bits per heavy atom. The summed E-state index contributed by atoms with van der Waals surface area (Å²) in [5, 5.41) is 8.38. The molecular weight excluding hydrogens is 226 g/mol. The minimum absolute atomic E-state index is 0.461. The van der Waals surface area contributed by atoms with Crippen molar-refractivity contribution in [2.75, 3.05) is 0 Å². The quantitative estimate of drug-likeness (QED) is 0.312. The summed E-state index contributed by atoms with van der Waals surface area (Å²) in [7, 11) is 0. The van der Waals surface area contributed by atoms with Gasteiger partial charge in [-0.1, -0.05) is 28.9 Å². The van der Waals surface area contributed by atoms with Crippen molar-refractivity contribution in [3.63, 3.8) is 0 Å². The van der Waals surface area contributed by atoms with Gasteiger partial charge in [0.15, 0.2) is 0 Å². The molecule has 0 aromatic rings. The van der Waals surface area contributed by atoms with Crippen LogP contribution in [0.15, 0.2) is 34.9 Å². The lowest BCUT2D eigenvalue weighted by molar-refractivity contribution is -0.124. The van der Waals surface area contributed by atoms with E-state index in [9.17, 15) is 4.79 Å². The standard InChI is InChI=1S/C15H25NO2/c1-12(2)7-5-8-13(3)9-6-10-14(4)11-15(17)16-18/h7,9,11,18H,5-6,8,10H2,1-4H3,(H,16,17)/b13-9+,14-11+. The van der Waals surface area contributed by atoms with Crippen LogP contribution in [0.5, 0.6) is 0 Å². The van der Waals surface area contributed by atoms with Gasteiger partial charge in [-0.2, -0.15) is 0 Å². The van der Waals surface area contributed by atoms with Gasteiger partial charge in [-0.15, -0.1) is 0 Å². The van der Waals surface area contributed by atoms with Crippen LogP contribution in [-0.4, -0.2) is 11.1 Å². The zero-order valence-corrected chi connectivity index (χ0v) is 11.9. The molecule has 0 atom stereocenters. The number of hydrogen-bond donors (Lipinski definition) is 2. The number of hydrogen-bond acceptors (Lipinski definition) is 2. The molecule has 0 aliphatic rings. The Balaban J connectivity index is 3.97. The molecule has 0 aliphatic carbocycles. The molecule has 18 heavy (non-hydrogen) atoms. The van der Waals surface area contributed by atoms with E-state index in [1.165, 1.54) is 17.2 Å². The maximum atomic E-state index is 10.9. The van der Waals surface area contributed by atoms with Crippen LogP contribution in [0.1, 0.15) is 53.4 Å². The van der Waals surface area contributed by atoms with Gasteiger partial charge < -0.3 is 0 Å². The Labute approximate surface area is 110 Å². The monoisotopic (exact) mass is 251 g/mol. The lowest BCUT2D eigenvalue weighted by atomic mass is 10.1. The third-order valence-corrected chi connectivity index (χ3v) is 2.61. The van der Waals surface area contributed by atoms with Gasteiger partial charge in [0.05, 0.1) is 0 Å². The number of hydroxylamine groups is 1. The molecule has 2 N–H and O–H groups in total. The van der Waals surface area contributed by atoms with Gasteiger partial charge in [0.2, 0.25) is 0 Å². The van der Waals surface area contributed by atoms with Crippen molar-refractivity contribution < 1.29 is 10.0 Å². The second-order valence-corrected chi connectivity index (χ2v) is 4.88. The Morgan fingerprint density at radius 3 is 2.11 bits per heavy atom. The number of carbonyl (C=O) groups excluding carboxylic acids is 1. The molecule has 0 bridgehead atoms. The fourth-order valence-corrected chi connectivity index (χ4v) is 1.57. The van der Waals surface area contributed by atoms with E-state index in [4.69, 9.17) is 5.21 Å². The van der Waals surface area contributed by atoms with Crippen LogP contribution < -0.4 is 5.48 Å². The third kappa shape index (κ3) is 9.85. The molecule has 0 heterocycles. The molecule has 0 fully saturated rings. The van der Waals surface area contributed by atoms with Crippen molar-refractivity contribution in [3.8, 4) is 0 Å². The molecule has 0 aromatic heterocycles. The minimum Gasteiger partial charge on any atom is -0.288 e. The molecule has 0 rings (SSSR count). The van der Waals surface area contributed by atoms with E-state index in [-0.39, 0.29) is 0 Å². The molecule has 0 aromatic carbocycles. The number of rotatable bonds is 7. The lowest BCUT2D eigenvalue weighted by Gasteiger charge is -2.01. The summed E-state index contributed by atoms with van der Waals surface area (Å²) in [6.07, 6.45) is 9.83. The van der Waals surface area contributed by atoms with Crippen LogP contribution in [0.2, 0.25) is 0 Å². The van der Waals surface area contributed by atoms with Crippen molar-refractivity contribution in [2.45, 2.75) is 53.4 Å². The second kappa shape index (κ2) is 9.66. The zero-order chi connectivity index (χ0) is 14.0. The van der Waals surface area contributed by atoms with Gasteiger partial charge >= 0.3 is 0 Å². The van der Waals surface area contributed by atoms with Crippen molar-refractivity contribution in [3.05, 3.63) is 34.9 Å². The van der Waals surface area contributed by atoms with E-state index >= 15 is 0 Å². The van der Waals surface area contributed by atoms with E-state index in [0.29, 0.717) is 0 Å². The molecule has 0 saturated carbocycles. The maximum absolute atomic E-state index is 10.9. The number of carbonyl (C=O) groups is 1. The van der Waals surface area contributed by atoms with E-state index in [1.807, 2.05) is 6.92 Å². The van der Waals surface area contributed by atoms with E-state index < -0.39 is 5.91 Å². The molecule has 0 spiro atoms. The van der Waals surface area contributed by atoms with Gasteiger partial charge in [0.1, 0.15) is 0 Å². The highest BCUT2D eigenvalue weighted by Crippen LogP contribution is 2.11. The summed E-state index contributed by atoms with van der Waals surface area (Å²) in [6.45, 7) is 8.25. The first-order chi connectivity index (χ1) is 8.45. The normalized spacial score (nSPS) is 12.3. The predicted octanol–water partition coefficient (Wildman–Crippen LogP) is 3.91. The Morgan fingerprint density at radius 2 is 1.56 bits per heavy atom. The maximum Gasteiger partial charge on any atom is 0.267 e. The average Bonchev–Trinajstić information content (AvgIpc) is 2.28. The largest absolute Gasteiger partial charge is 0.288 e. The van der Waals surface area contributed by atoms with Crippen molar-refractivity contribution in [2.24, 2.45) is 0 Å². The van der Waals surface area contributed by atoms with Gasteiger partial charge in [0, 0.05) is 6.08 Å².